The van der Waals surface area contributed by atoms with E-state index in [0.29, 0.717) is 49.0 Å². The molecule has 36 heavy (non-hydrogen) atoms. The van der Waals surface area contributed by atoms with Gasteiger partial charge in [0, 0.05) is 14.1 Å². The summed E-state index contributed by atoms with van der Waals surface area (Å²) in [5, 5.41) is 17.0. The lowest BCUT2D eigenvalue weighted by Gasteiger charge is -2.21. The average molecular weight is 505 g/mol. The van der Waals surface area contributed by atoms with Crippen molar-refractivity contribution < 1.29 is 28.9 Å². The largest absolute Gasteiger partial charge is 0.477 e. The van der Waals surface area contributed by atoms with E-state index in [-0.39, 0.29) is 11.5 Å². The number of hydrogen-bond acceptors (Lipinski definition) is 7. The highest BCUT2D eigenvalue weighted by Gasteiger charge is 2.22. The molecule has 2 fully saturated rings. The van der Waals surface area contributed by atoms with Gasteiger partial charge in [-0.3, -0.25) is 0 Å². The Morgan fingerprint density at radius 2 is 1.28 bits per heavy atom. The van der Waals surface area contributed by atoms with E-state index in [0.717, 1.165) is 0 Å². The number of aromatic nitrogens is 4. The van der Waals surface area contributed by atoms with E-state index < -0.39 is 5.97 Å². The Morgan fingerprint density at radius 3 is 1.72 bits per heavy atom. The van der Waals surface area contributed by atoms with Gasteiger partial charge in [0.1, 0.15) is 11.1 Å². The summed E-state index contributed by atoms with van der Waals surface area (Å²) >= 11 is 0. The predicted octanol–water partition coefficient (Wildman–Crippen LogP) is 4.63. The van der Waals surface area contributed by atoms with Gasteiger partial charge in [0.25, 0.3) is 0 Å². The van der Waals surface area contributed by atoms with E-state index in [1.54, 1.807) is 25.7 Å². The number of ether oxygens (including phenoxy) is 3. The van der Waals surface area contributed by atoms with Crippen molar-refractivity contribution in [2.45, 2.75) is 71.1 Å². The monoisotopic (exact) mass is 504 g/mol. The van der Waals surface area contributed by atoms with E-state index in [1.165, 1.54) is 81.3 Å². The maximum Gasteiger partial charge on any atom is 0.345 e. The van der Waals surface area contributed by atoms with Crippen molar-refractivity contribution in [3.63, 3.8) is 0 Å². The molecule has 0 unspecified atom stereocenters. The molecule has 0 atom stereocenters. The van der Waals surface area contributed by atoms with E-state index in [9.17, 15) is 9.59 Å². The number of rotatable bonds is 9. The number of aryl methyl sites for hydroxylation is 2. The van der Waals surface area contributed by atoms with Crippen LogP contribution in [0.5, 0.6) is 11.8 Å². The van der Waals surface area contributed by atoms with E-state index in [2.05, 4.69) is 10.2 Å². The summed E-state index contributed by atoms with van der Waals surface area (Å²) in [5.74, 6) is 0.678. The van der Waals surface area contributed by atoms with Crippen LogP contribution in [0.4, 0.5) is 0 Å². The number of carboxylic acids is 1. The van der Waals surface area contributed by atoms with Crippen LogP contribution in [0.25, 0.3) is 0 Å². The number of carbonyl (C=O) groups is 2. The highest BCUT2D eigenvalue weighted by atomic mass is 16.5. The molecule has 200 valence electrons. The fourth-order valence-corrected chi connectivity index (χ4v) is 4.79. The van der Waals surface area contributed by atoms with E-state index >= 15 is 0 Å². The predicted molar refractivity (Wildman–Crippen MR) is 133 cm³/mol. The molecular weight excluding hydrogens is 464 g/mol. The summed E-state index contributed by atoms with van der Waals surface area (Å²) in [5.41, 5.74) is 0.559. The molecule has 4 rings (SSSR count). The van der Waals surface area contributed by atoms with Crippen LogP contribution in [0.2, 0.25) is 0 Å². The first-order chi connectivity index (χ1) is 17.4. The van der Waals surface area contributed by atoms with Gasteiger partial charge >= 0.3 is 11.9 Å². The third-order valence-corrected chi connectivity index (χ3v) is 6.86. The fourth-order valence-electron chi connectivity index (χ4n) is 4.79. The molecule has 10 heteroatoms. The fraction of sp³-hybridized carbons (Fsp3) is 0.692. The molecular formula is C26H40N4O6. The SMILES string of the molecule is CCOC(=O)c1cnn(C)c1OCC1CCCCC1.Cn1ncc(C(=O)O)c1OCC1CCCCC1. The first-order valence-electron chi connectivity index (χ1n) is 13.1. The van der Waals surface area contributed by atoms with Gasteiger partial charge in [0.05, 0.1) is 32.2 Å². The lowest BCUT2D eigenvalue weighted by atomic mass is 9.90. The molecule has 0 aliphatic heterocycles. The van der Waals surface area contributed by atoms with Crippen molar-refractivity contribution in [1.82, 2.24) is 19.6 Å². The second kappa shape index (κ2) is 13.9. The standard InChI is InChI=1S/C14H22N2O3.C12H18N2O3/c1-3-18-14(17)12-9-15-16(2)13(12)19-10-11-7-5-4-6-8-11;1-14-11(10(7-13-14)12(15)16)17-8-9-5-3-2-4-6-9/h9,11H,3-8,10H2,1-2H3;7,9H,2-6,8H2,1H3,(H,15,16). The van der Waals surface area contributed by atoms with Gasteiger partial charge in [-0.25, -0.2) is 19.0 Å². The molecule has 2 heterocycles. The zero-order valence-corrected chi connectivity index (χ0v) is 21.8. The molecule has 0 aromatic carbocycles. The molecule has 0 saturated heterocycles. The normalized spacial score (nSPS) is 16.6. The smallest absolute Gasteiger partial charge is 0.345 e. The number of aromatic carboxylic acids is 1. The topological polar surface area (TPSA) is 118 Å². The molecule has 1 N–H and O–H groups in total. The summed E-state index contributed by atoms with van der Waals surface area (Å²) in [7, 11) is 3.47. The molecule has 0 amide bonds. The quantitative estimate of drug-likeness (QED) is 0.491. The molecule has 0 spiro atoms. The Kier molecular flexibility index (Phi) is 10.6. The van der Waals surface area contributed by atoms with Gasteiger partial charge < -0.3 is 19.3 Å². The minimum atomic E-state index is -0.989. The summed E-state index contributed by atoms with van der Waals surface area (Å²) in [6.45, 7) is 3.40. The summed E-state index contributed by atoms with van der Waals surface area (Å²) in [6.07, 6.45) is 15.3. The van der Waals surface area contributed by atoms with Gasteiger partial charge in [-0.05, 0) is 44.4 Å². The molecule has 0 bridgehead atoms. The van der Waals surface area contributed by atoms with Crippen LogP contribution in [0.3, 0.4) is 0 Å². The average Bonchev–Trinajstić information content (AvgIpc) is 3.45. The van der Waals surface area contributed by atoms with Crippen molar-refractivity contribution >= 4 is 11.9 Å². The third kappa shape index (κ3) is 7.73. The van der Waals surface area contributed by atoms with Crippen LogP contribution in [0.1, 0.15) is 91.8 Å². The molecule has 0 radical (unpaired) electrons. The van der Waals surface area contributed by atoms with Gasteiger partial charge in [-0.1, -0.05) is 38.5 Å². The number of esters is 1. The summed E-state index contributed by atoms with van der Waals surface area (Å²) < 4.78 is 19.5. The van der Waals surface area contributed by atoms with Crippen molar-refractivity contribution in [2.24, 2.45) is 25.9 Å². The van der Waals surface area contributed by atoms with Crippen LogP contribution in [-0.4, -0.2) is 56.4 Å². The molecule has 2 saturated carbocycles. The van der Waals surface area contributed by atoms with Crippen LogP contribution >= 0.6 is 0 Å². The molecule has 2 aromatic rings. The Labute approximate surface area is 212 Å². The van der Waals surface area contributed by atoms with Crippen LogP contribution in [0.15, 0.2) is 12.4 Å². The number of nitrogens with zero attached hydrogens (tertiary/aromatic N) is 4. The molecule has 10 nitrogen and oxygen atoms in total. The van der Waals surface area contributed by atoms with Crippen LogP contribution < -0.4 is 9.47 Å². The van der Waals surface area contributed by atoms with Gasteiger partial charge in [-0.2, -0.15) is 10.2 Å². The molecule has 2 aliphatic carbocycles. The molecule has 2 aromatic heterocycles. The minimum Gasteiger partial charge on any atom is -0.477 e. The summed E-state index contributed by atoms with van der Waals surface area (Å²) in [6, 6.07) is 0. The highest BCUT2D eigenvalue weighted by molar-refractivity contribution is 5.91. The lowest BCUT2D eigenvalue weighted by Crippen LogP contribution is -2.17. The number of hydrogen-bond donors (Lipinski definition) is 1. The Balaban J connectivity index is 0.000000202. The number of carbonyl (C=O) groups excluding carboxylic acids is 1. The maximum atomic E-state index is 11.8. The Bertz CT molecular complexity index is 973. The van der Waals surface area contributed by atoms with Crippen molar-refractivity contribution in [3.8, 4) is 11.8 Å². The third-order valence-electron chi connectivity index (χ3n) is 6.86. The van der Waals surface area contributed by atoms with E-state index in [1.807, 2.05) is 0 Å². The zero-order valence-electron chi connectivity index (χ0n) is 21.8. The zero-order chi connectivity index (χ0) is 25.9. The lowest BCUT2D eigenvalue weighted by molar-refractivity contribution is 0.0519. The maximum absolute atomic E-state index is 11.8. The van der Waals surface area contributed by atoms with Gasteiger partial charge in [0.2, 0.25) is 11.8 Å². The van der Waals surface area contributed by atoms with Gasteiger partial charge in [0.15, 0.2) is 0 Å². The van der Waals surface area contributed by atoms with Crippen molar-refractivity contribution in [2.75, 3.05) is 19.8 Å². The summed E-state index contributed by atoms with van der Waals surface area (Å²) in [4.78, 5) is 22.7. The number of carboxylic acid groups (broad SMARTS) is 1. The molecule has 2 aliphatic rings. The Hall–Kier alpha value is -3.04. The van der Waals surface area contributed by atoms with Crippen molar-refractivity contribution in [1.29, 1.82) is 0 Å². The van der Waals surface area contributed by atoms with Crippen LogP contribution in [0, 0.1) is 11.8 Å². The second-order valence-electron chi connectivity index (χ2n) is 9.63. The van der Waals surface area contributed by atoms with Crippen molar-refractivity contribution in [3.05, 3.63) is 23.5 Å². The second-order valence-corrected chi connectivity index (χ2v) is 9.63. The highest BCUT2D eigenvalue weighted by Crippen LogP contribution is 2.27. The Morgan fingerprint density at radius 1 is 0.833 bits per heavy atom. The van der Waals surface area contributed by atoms with Crippen LogP contribution in [-0.2, 0) is 18.8 Å². The first kappa shape index (κ1) is 27.5. The first-order valence-corrected chi connectivity index (χ1v) is 13.1. The van der Waals surface area contributed by atoms with E-state index in [4.69, 9.17) is 19.3 Å². The minimum absolute atomic E-state index is 0.142. The van der Waals surface area contributed by atoms with Gasteiger partial charge in [-0.15, -0.1) is 0 Å².